The molecule has 9 heavy (non-hydrogen) atoms. The van der Waals surface area contributed by atoms with Crippen molar-refractivity contribution in [3.8, 4) is 0 Å². The normalized spacial score (nSPS) is 13.8. The van der Waals surface area contributed by atoms with Gasteiger partial charge in [0.1, 0.15) is 0 Å². The summed E-state index contributed by atoms with van der Waals surface area (Å²) in [6, 6.07) is 8.18. The Hall–Kier alpha value is -1.11. The fourth-order valence-electron chi connectivity index (χ4n) is 1.05. The zero-order valence-corrected chi connectivity index (χ0v) is 5.04. The van der Waals surface area contributed by atoms with E-state index in [2.05, 4.69) is 17.1 Å². The molecule has 2 rings (SSSR count). The molecule has 0 saturated heterocycles. The Bertz CT molecular complexity index is 292. The van der Waals surface area contributed by atoms with Gasteiger partial charge >= 0.3 is 0 Å². The first kappa shape index (κ1) is 4.74. The molecule has 0 atom stereocenters. The Balaban J connectivity index is 2.97. The minimum atomic E-state index is 0.860. The van der Waals surface area contributed by atoms with E-state index >= 15 is 0 Å². The van der Waals surface area contributed by atoms with Gasteiger partial charge in [-0.15, -0.1) is 0 Å². The molecule has 0 spiro atoms. The minimum Gasteiger partial charge on any atom is -0.281 e. The zero-order chi connectivity index (χ0) is 6.10. The maximum Gasteiger partial charge on any atom is 0.0647 e. The molecule has 0 aromatic heterocycles. The predicted octanol–water partition coefficient (Wildman–Crippen LogP) is 0.100. The van der Waals surface area contributed by atoms with E-state index in [0.717, 1.165) is 11.9 Å². The van der Waals surface area contributed by atoms with Crippen molar-refractivity contribution in [2.24, 2.45) is 4.99 Å². The number of rotatable bonds is 0. The number of fused-ring (bicyclic) bond motifs is 1. The second kappa shape index (κ2) is 1.69. The first-order valence-corrected chi connectivity index (χ1v) is 3.06. The molecule has 1 aliphatic heterocycles. The zero-order valence-electron chi connectivity index (χ0n) is 5.04. The molecule has 0 fully saturated rings. The van der Waals surface area contributed by atoms with Crippen molar-refractivity contribution in [1.82, 2.24) is 0 Å². The first-order chi connectivity index (χ1) is 4.47. The lowest BCUT2D eigenvalue weighted by Gasteiger charge is -1.77. The minimum absolute atomic E-state index is 0.860. The van der Waals surface area contributed by atoms with Gasteiger partial charge in [0.05, 0.1) is 11.9 Å². The van der Waals surface area contributed by atoms with Crippen molar-refractivity contribution in [2.75, 3.05) is 6.54 Å². The molecule has 44 valence electrons. The van der Waals surface area contributed by atoms with Crippen molar-refractivity contribution < 1.29 is 0 Å². The molecule has 0 amide bonds. The fourth-order valence-corrected chi connectivity index (χ4v) is 1.05. The maximum atomic E-state index is 4.24. The van der Waals surface area contributed by atoms with Crippen LogP contribution in [0, 0.1) is 0 Å². The summed E-state index contributed by atoms with van der Waals surface area (Å²) in [6.45, 7) is 0.860. The van der Waals surface area contributed by atoms with E-state index in [4.69, 9.17) is 0 Å². The van der Waals surface area contributed by atoms with Crippen LogP contribution < -0.4 is 10.6 Å². The third-order valence-corrected chi connectivity index (χ3v) is 1.51. The molecule has 0 saturated carbocycles. The summed E-state index contributed by atoms with van der Waals surface area (Å²) in [5, 5.41) is 2.41. The predicted molar refractivity (Wildman–Crippen MR) is 36.6 cm³/mol. The molecule has 0 N–H and O–H groups in total. The molecule has 1 aliphatic rings. The number of benzene rings is 1. The molecule has 1 aromatic rings. The Labute approximate surface area is 53.4 Å². The highest BCUT2D eigenvalue weighted by molar-refractivity contribution is 5.28. The van der Waals surface area contributed by atoms with Crippen molar-refractivity contribution in [1.29, 1.82) is 0 Å². The van der Waals surface area contributed by atoms with Crippen LogP contribution in [0.1, 0.15) is 0 Å². The van der Waals surface area contributed by atoms with E-state index < -0.39 is 0 Å². The van der Waals surface area contributed by atoms with Gasteiger partial charge in [0.25, 0.3) is 0 Å². The van der Waals surface area contributed by atoms with Crippen LogP contribution in [0.2, 0.25) is 0 Å². The summed E-state index contributed by atoms with van der Waals surface area (Å²) in [7, 11) is 0. The van der Waals surface area contributed by atoms with Crippen LogP contribution in [-0.2, 0) is 0 Å². The van der Waals surface area contributed by atoms with E-state index in [9.17, 15) is 0 Å². The van der Waals surface area contributed by atoms with Crippen molar-refractivity contribution in [3.63, 3.8) is 0 Å². The van der Waals surface area contributed by atoms with Crippen molar-refractivity contribution >= 4 is 6.08 Å². The second-order valence-corrected chi connectivity index (χ2v) is 2.10. The third-order valence-electron chi connectivity index (χ3n) is 1.51. The lowest BCUT2D eigenvalue weighted by molar-refractivity contribution is 1.22. The highest BCUT2D eigenvalue weighted by Gasteiger charge is 1.88. The average Bonchev–Trinajstić information content (AvgIpc) is 2.33. The molecule has 1 nitrogen and oxygen atoms in total. The molecule has 0 unspecified atom stereocenters. The Morgan fingerprint density at radius 3 is 3.00 bits per heavy atom. The Morgan fingerprint density at radius 1 is 1.22 bits per heavy atom. The van der Waals surface area contributed by atoms with E-state index in [0.29, 0.717) is 0 Å². The van der Waals surface area contributed by atoms with E-state index in [-0.39, 0.29) is 0 Å². The van der Waals surface area contributed by atoms with Gasteiger partial charge in [-0.2, -0.15) is 0 Å². The standard InChI is InChI=1S/C8H7N/c1-2-4-8-7(3-1)5-6-9-8/h1-5H,6H2. The van der Waals surface area contributed by atoms with Crippen molar-refractivity contribution in [3.05, 3.63) is 34.8 Å². The van der Waals surface area contributed by atoms with E-state index in [1.54, 1.807) is 0 Å². The van der Waals surface area contributed by atoms with Crippen LogP contribution in [0.3, 0.4) is 0 Å². The molecular weight excluding hydrogens is 110 g/mol. The van der Waals surface area contributed by atoms with Crippen molar-refractivity contribution in [2.45, 2.75) is 0 Å². The molecule has 1 heteroatoms. The monoisotopic (exact) mass is 117 g/mol. The van der Waals surface area contributed by atoms with E-state index in [1.807, 2.05) is 18.2 Å². The van der Waals surface area contributed by atoms with Gasteiger partial charge in [-0.25, -0.2) is 0 Å². The molecule has 1 heterocycles. The molecular formula is C8H7N. The molecule has 0 radical (unpaired) electrons. The number of para-hydroxylation sites is 1. The summed E-state index contributed by atoms with van der Waals surface area (Å²) in [5.41, 5.74) is 0. The van der Waals surface area contributed by atoms with Gasteiger partial charge in [0.2, 0.25) is 0 Å². The summed E-state index contributed by atoms with van der Waals surface area (Å²) in [6.07, 6.45) is 2.13. The summed E-state index contributed by atoms with van der Waals surface area (Å²) in [4.78, 5) is 4.24. The number of hydrogen-bond donors (Lipinski definition) is 0. The van der Waals surface area contributed by atoms with Crippen LogP contribution in [-0.4, -0.2) is 6.54 Å². The van der Waals surface area contributed by atoms with Gasteiger partial charge < -0.3 is 0 Å². The lowest BCUT2D eigenvalue weighted by atomic mass is 10.3. The van der Waals surface area contributed by atoms with Crippen LogP contribution in [0.15, 0.2) is 29.3 Å². The van der Waals surface area contributed by atoms with Crippen LogP contribution in [0.4, 0.5) is 0 Å². The van der Waals surface area contributed by atoms with Gasteiger partial charge in [-0.05, 0) is 11.3 Å². The summed E-state index contributed by atoms with van der Waals surface area (Å²) >= 11 is 0. The Kier molecular flexibility index (Phi) is 0.890. The van der Waals surface area contributed by atoms with Gasteiger partial charge in [0.15, 0.2) is 0 Å². The van der Waals surface area contributed by atoms with Crippen LogP contribution in [0.5, 0.6) is 0 Å². The summed E-state index contributed by atoms with van der Waals surface area (Å²) in [5.74, 6) is 0. The molecule has 0 aliphatic carbocycles. The fraction of sp³-hybridized carbons (Fsp3) is 0.125. The summed E-state index contributed by atoms with van der Waals surface area (Å²) < 4.78 is 0. The van der Waals surface area contributed by atoms with Crippen LogP contribution >= 0.6 is 0 Å². The van der Waals surface area contributed by atoms with Gasteiger partial charge in [-0.3, -0.25) is 4.99 Å². The highest BCUT2D eigenvalue weighted by Crippen LogP contribution is 1.78. The molecule has 1 aromatic carbocycles. The quantitative estimate of drug-likeness (QED) is 0.457. The smallest absolute Gasteiger partial charge is 0.0647 e. The Morgan fingerprint density at radius 2 is 2.11 bits per heavy atom. The van der Waals surface area contributed by atoms with E-state index in [1.165, 1.54) is 5.22 Å². The van der Waals surface area contributed by atoms with Gasteiger partial charge in [0, 0.05) is 0 Å². The largest absolute Gasteiger partial charge is 0.281 e. The topological polar surface area (TPSA) is 12.4 Å². The second-order valence-electron chi connectivity index (χ2n) is 2.10. The first-order valence-electron chi connectivity index (χ1n) is 3.06. The van der Waals surface area contributed by atoms with Gasteiger partial charge in [-0.1, -0.05) is 24.3 Å². The highest BCUT2D eigenvalue weighted by atomic mass is 14.7. The number of nitrogens with zero attached hydrogens (tertiary/aromatic N) is 1. The number of hydrogen-bond acceptors (Lipinski definition) is 1. The van der Waals surface area contributed by atoms with Crippen LogP contribution in [0.25, 0.3) is 6.08 Å². The molecule has 0 bridgehead atoms. The maximum absolute atomic E-state index is 4.24. The average molecular weight is 117 g/mol. The lowest BCUT2D eigenvalue weighted by Crippen LogP contribution is -2.19. The SMILES string of the molecule is C1=c2ccccc2=NC1. The third kappa shape index (κ3) is 0.653.